The summed E-state index contributed by atoms with van der Waals surface area (Å²) in [5.74, 6) is -0.399. The number of aromatic carboxylic acids is 1. The number of carboxylic acid groups (broad SMARTS) is 1. The number of carbonyl (C=O) groups is 1. The van der Waals surface area contributed by atoms with Crippen LogP contribution in [-0.4, -0.2) is 24.7 Å². The number of nitrogens with zero attached hydrogens (tertiary/aromatic N) is 1. The van der Waals surface area contributed by atoms with Crippen molar-refractivity contribution in [2.45, 2.75) is 20.3 Å². The van der Waals surface area contributed by atoms with Crippen molar-refractivity contribution in [2.75, 3.05) is 18.5 Å². The van der Waals surface area contributed by atoms with Crippen LogP contribution < -0.4 is 4.90 Å². The Labute approximate surface area is 107 Å². The molecule has 0 bridgehead atoms. The van der Waals surface area contributed by atoms with E-state index < -0.39 is 5.97 Å². The first-order valence-electron chi connectivity index (χ1n) is 5.69. The van der Waals surface area contributed by atoms with E-state index in [0.29, 0.717) is 5.92 Å². The Morgan fingerprint density at radius 1 is 1.53 bits per heavy atom. The Morgan fingerprint density at radius 2 is 2.18 bits per heavy atom. The molecule has 1 aromatic carbocycles. The molecule has 0 heterocycles. The highest BCUT2D eigenvalue weighted by Crippen LogP contribution is 2.23. The predicted molar refractivity (Wildman–Crippen MR) is 71.1 cm³/mol. The van der Waals surface area contributed by atoms with Gasteiger partial charge in [-0.1, -0.05) is 31.9 Å². The molecule has 0 amide bonds. The van der Waals surface area contributed by atoms with Crippen molar-refractivity contribution in [3.05, 3.63) is 28.8 Å². The van der Waals surface area contributed by atoms with Crippen LogP contribution in [0.25, 0.3) is 0 Å². The quantitative estimate of drug-likeness (QED) is 0.875. The summed E-state index contributed by atoms with van der Waals surface area (Å²) in [5, 5.41) is 9.16. The van der Waals surface area contributed by atoms with E-state index in [4.69, 9.17) is 16.7 Å². The Hall–Kier alpha value is -1.22. The third kappa shape index (κ3) is 3.63. The van der Waals surface area contributed by atoms with Crippen molar-refractivity contribution < 1.29 is 9.90 Å². The molecule has 0 fully saturated rings. The van der Waals surface area contributed by atoms with Crippen LogP contribution in [0.2, 0.25) is 5.02 Å². The van der Waals surface area contributed by atoms with Crippen LogP contribution in [0.5, 0.6) is 0 Å². The Bertz CT molecular complexity index is 406. The van der Waals surface area contributed by atoms with Gasteiger partial charge in [0.2, 0.25) is 0 Å². The maximum Gasteiger partial charge on any atom is 0.337 e. The van der Waals surface area contributed by atoms with Gasteiger partial charge in [0, 0.05) is 19.3 Å². The summed E-state index contributed by atoms with van der Waals surface area (Å²) >= 11 is 5.93. The molecule has 1 N–H and O–H groups in total. The fraction of sp³-hybridized carbons (Fsp3) is 0.462. The van der Waals surface area contributed by atoms with Gasteiger partial charge in [-0.2, -0.15) is 0 Å². The molecule has 0 radical (unpaired) electrons. The molecule has 1 unspecified atom stereocenters. The third-order valence-electron chi connectivity index (χ3n) is 2.91. The van der Waals surface area contributed by atoms with E-state index in [1.54, 1.807) is 18.2 Å². The van der Waals surface area contributed by atoms with Gasteiger partial charge in [-0.25, -0.2) is 4.79 Å². The minimum atomic E-state index is -0.994. The lowest BCUT2D eigenvalue weighted by Gasteiger charge is -2.23. The van der Waals surface area contributed by atoms with Gasteiger partial charge in [-0.05, 0) is 24.1 Å². The first-order valence-corrected chi connectivity index (χ1v) is 6.07. The van der Waals surface area contributed by atoms with Crippen molar-refractivity contribution in [1.82, 2.24) is 0 Å². The fourth-order valence-electron chi connectivity index (χ4n) is 1.62. The summed E-state index contributed by atoms with van der Waals surface area (Å²) in [7, 11) is 1.98. The largest absolute Gasteiger partial charge is 0.478 e. The SMILES string of the molecule is CCC(C)CN(C)c1ccc(C(=O)O)c(Cl)c1. The van der Waals surface area contributed by atoms with Gasteiger partial charge in [0.25, 0.3) is 0 Å². The fourth-order valence-corrected chi connectivity index (χ4v) is 1.87. The van der Waals surface area contributed by atoms with Gasteiger partial charge >= 0.3 is 5.97 Å². The molecule has 0 aromatic heterocycles. The van der Waals surface area contributed by atoms with Crippen molar-refractivity contribution in [3.8, 4) is 0 Å². The van der Waals surface area contributed by atoms with E-state index in [-0.39, 0.29) is 10.6 Å². The summed E-state index contributed by atoms with van der Waals surface area (Å²) in [6.07, 6.45) is 1.12. The van der Waals surface area contributed by atoms with Gasteiger partial charge < -0.3 is 10.0 Å². The van der Waals surface area contributed by atoms with Crippen LogP contribution in [0, 0.1) is 5.92 Å². The highest BCUT2D eigenvalue weighted by atomic mass is 35.5. The molecule has 0 aliphatic carbocycles. The number of carboxylic acids is 1. The number of halogens is 1. The van der Waals surface area contributed by atoms with E-state index in [0.717, 1.165) is 18.7 Å². The average Bonchev–Trinajstić information content (AvgIpc) is 2.28. The van der Waals surface area contributed by atoms with E-state index >= 15 is 0 Å². The maximum atomic E-state index is 10.8. The molecular weight excluding hydrogens is 238 g/mol. The maximum absolute atomic E-state index is 10.8. The first kappa shape index (κ1) is 13.8. The van der Waals surface area contributed by atoms with Crippen molar-refractivity contribution in [3.63, 3.8) is 0 Å². The molecule has 0 saturated heterocycles. The highest BCUT2D eigenvalue weighted by Gasteiger charge is 2.11. The average molecular weight is 256 g/mol. The first-order chi connectivity index (χ1) is 7.95. The molecule has 0 spiro atoms. The number of hydrogen-bond acceptors (Lipinski definition) is 2. The number of hydrogen-bond donors (Lipinski definition) is 1. The summed E-state index contributed by atoms with van der Waals surface area (Å²) in [6, 6.07) is 5.04. The lowest BCUT2D eigenvalue weighted by molar-refractivity contribution is 0.0697. The van der Waals surface area contributed by atoms with Crippen molar-refractivity contribution in [1.29, 1.82) is 0 Å². The van der Waals surface area contributed by atoms with Crippen molar-refractivity contribution in [2.24, 2.45) is 5.92 Å². The molecule has 17 heavy (non-hydrogen) atoms. The summed E-state index contributed by atoms with van der Waals surface area (Å²) in [4.78, 5) is 12.9. The van der Waals surface area contributed by atoms with Crippen LogP contribution in [0.3, 0.4) is 0 Å². The Balaban J connectivity index is 2.86. The zero-order chi connectivity index (χ0) is 13.0. The van der Waals surface area contributed by atoms with Crippen LogP contribution in [0.4, 0.5) is 5.69 Å². The Kier molecular flexibility index (Phi) is 4.82. The molecule has 94 valence electrons. The molecular formula is C13H18ClNO2. The zero-order valence-electron chi connectivity index (χ0n) is 10.4. The van der Waals surface area contributed by atoms with E-state index in [1.165, 1.54) is 0 Å². The molecule has 0 aliphatic heterocycles. The van der Waals surface area contributed by atoms with E-state index in [1.807, 2.05) is 7.05 Å². The molecule has 0 aliphatic rings. The molecule has 4 heteroatoms. The molecule has 1 rings (SSSR count). The molecule has 0 saturated carbocycles. The van der Waals surface area contributed by atoms with E-state index in [2.05, 4.69) is 18.7 Å². The second-order valence-electron chi connectivity index (χ2n) is 4.36. The second-order valence-corrected chi connectivity index (χ2v) is 4.77. The van der Waals surface area contributed by atoms with Gasteiger partial charge in [-0.3, -0.25) is 0 Å². The number of anilines is 1. The monoisotopic (exact) mass is 255 g/mol. The Morgan fingerprint density at radius 3 is 2.65 bits per heavy atom. The van der Waals surface area contributed by atoms with E-state index in [9.17, 15) is 4.79 Å². The van der Waals surface area contributed by atoms with Crippen LogP contribution >= 0.6 is 11.6 Å². The van der Waals surface area contributed by atoms with Gasteiger partial charge in [0.1, 0.15) is 0 Å². The van der Waals surface area contributed by atoms with Crippen LogP contribution in [-0.2, 0) is 0 Å². The van der Waals surface area contributed by atoms with Gasteiger partial charge in [0.15, 0.2) is 0 Å². The second kappa shape index (κ2) is 5.92. The van der Waals surface area contributed by atoms with Crippen molar-refractivity contribution >= 4 is 23.3 Å². The standard InChI is InChI=1S/C13H18ClNO2/c1-4-9(2)8-15(3)10-5-6-11(13(16)17)12(14)7-10/h5-7,9H,4,8H2,1-3H3,(H,16,17). The highest BCUT2D eigenvalue weighted by molar-refractivity contribution is 6.33. The predicted octanol–water partition coefficient (Wildman–Crippen LogP) is 3.52. The van der Waals surface area contributed by atoms with Gasteiger partial charge in [-0.15, -0.1) is 0 Å². The lowest BCUT2D eigenvalue weighted by atomic mass is 10.1. The minimum Gasteiger partial charge on any atom is -0.478 e. The number of rotatable bonds is 5. The minimum absolute atomic E-state index is 0.146. The number of benzene rings is 1. The van der Waals surface area contributed by atoms with Crippen LogP contribution in [0.1, 0.15) is 30.6 Å². The summed E-state index contributed by atoms with van der Waals surface area (Å²) < 4.78 is 0. The van der Waals surface area contributed by atoms with Gasteiger partial charge in [0.05, 0.1) is 10.6 Å². The molecule has 3 nitrogen and oxygen atoms in total. The topological polar surface area (TPSA) is 40.5 Å². The molecule has 1 aromatic rings. The third-order valence-corrected chi connectivity index (χ3v) is 3.22. The summed E-state index contributed by atoms with van der Waals surface area (Å²) in [6.45, 7) is 5.27. The summed E-state index contributed by atoms with van der Waals surface area (Å²) in [5.41, 5.74) is 1.09. The lowest BCUT2D eigenvalue weighted by Crippen LogP contribution is -2.23. The smallest absolute Gasteiger partial charge is 0.337 e. The van der Waals surface area contributed by atoms with Crippen LogP contribution in [0.15, 0.2) is 18.2 Å². The molecule has 1 atom stereocenters. The normalized spacial score (nSPS) is 12.2. The zero-order valence-corrected chi connectivity index (χ0v) is 11.2.